The fraction of sp³-hybridized carbons (Fsp3) is 0.400. The number of hydrogen-bond acceptors (Lipinski definition) is 7. The van der Waals surface area contributed by atoms with Crippen molar-refractivity contribution in [2.45, 2.75) is 20.8 Å². The van der Waals surface area contributed by atoms with Crippen molar-refractivity contribution < 1.29 is 0 Å². The second-order valence-electron chi connectivity index (χ2n) is 6.97. The Morgan fingerprint density at radius 3 is 2.52 bits per heavy atom. The third kappa shape index (κ3) is 3.68. The molecule has 1 aromatic carbocycles. The van der Waals surface area contributed by atoms with Crippen molar-refractivity contribution in [1.82, 2.24) is 24.8 Å². The molecule has 2 aromatic heterocycles. The van der Waals surface area contributed by atoms with E-state index in [1.807, 2.05) is 0 Å². The Morgan fingerprint density at radius 1 is 1.00 bits per heavy atom. The zero-order chi connectivity index (χ0) is 18.8. The first kappa shape index (κ1) is 17.6. The van der Waals surface area contributed by atoms with Crippen LogP contribution in [0.4, 0.5) is 17.5 Å². The van der Waals surface area contributed by atoms with Gasteiger partial charge in [-0.3, -0.25) is 0 Å². The Labute approximate surface area is 159 Å². The van der Waals surface area contributed by atoms with E-state index in [1.54, 1.807) is 12.4 Å². The van der Waals surface area contributed by atoms with Crippen LogP contribution in [0.1, 0.15) is 18.1 Å². The smallest absolute Gasteiger partial charge is 0.229 e. The van der Waals surface area contributed by atoms with Crippen molar-refractivity contribution in [1.29, 1.82) is 0 Å². The normalized spacial score (nSPS) is 15.3. The summed E-state index contributed by atoms with van der Waals surface area (Å²) in [6.07, 6.45) is 3.35. The Kier molecular flexibility index (Phi) is 4.85. The van der Waals surface area contributed by atoms with Gasteiger partial charge in [-0.25, -0.2) is 9.97 Å². The third-order valence-electron chi connectivity index (χ3n) is 5.06. The Balaban J connectivity index is 1.70. The van der Waals surface area contributed by atoms with Crippen molar-refractivity contribution in [3.63, 3.8) is 0 Å². The molecule has 27 heavy (non-hydrogen) atoms. The number of piperazine rings is 1. The highest BCUT2D eigenvalue weighted by Gasteiger charge is 2.20. The molecule has 0 spiro atoms. The first-order valence-corrected chi connectivity index (χ1v) is 9.44. The summed E-state index contributed by atoms with van der Waals surface area (Å²) in [6, 6.07) is 6.33. The van der Waals surface area contributed by atoms with Crippen LogP contribution in [0.5, 0.6) is 0 Å². The topological polar surface area (TPSA) is 70.1 Å². The maximum Gasteiger partial charge on any atom is 0.229 e. The Bertz CT molecular complexity index is 948. The van der Waals surface area contributed by atoms with Crippen molar-refractivity contribution in [2.75, 3.05) is 42.9 Å². The van der Waals surface area contributed by atoms with Crippen LogP contribution in [-0.4, -0.2) is 57.6 Å². The zero-order valence-electron chi connectivity index (χ0n) is 16.1. The molecule has 1 saturated heterocycles. The summed E-state index contributed by atoms with van der Waals surface area (Å²) in [4.78, 5) is 23.0. The van der Waals surface area contributed by atoms with Gasteiger partial charge in [-0.1, -0.05) is 24.6 Å². The molecule has 0 amide bonds. The van der Waals surface area contributed by atoms with Crippen molar-refractivity contribution in [3.8, 4) is 0 Å². The summed E-state index contributed by atoms with van der Waals surface area (Å²) < 4.78 is 0. The maximum absolute atomic E-state index is 4.82. The molecule has 1 aliphatic heterocycles. The van der Waals surface area contributed by atoms with E-state index in [4.69, 9.17) is 4.98 Å². The average molecular weight is 363 g/mol. The standard InChI is InChI=1S/C20H25N7/c1-4-26-9-11-27(12-10-26)20-24-18-17(21-7-8-22-18)19(25-20)23-16-6-5-14(2)13-15(16)3/h5-8,13H,4,9-12H2,1-3H3,(H,22,23,24,25). The molecular formula is C20H25N7. The van der Waals surface area contributed by atoms with Crippen LogP contribution in [0.25, 0.3) is 11.2 Å². The van der Waals surface area contributed by atoms with Gasteiger partial charge in [0.25, 0.3) is 0 Å². The number of nitrogens with zero attached hydrogens (tertiary/aromatic N) is 6. The molecule has 140 valence electrons. The molecule has 0 saturated carbocycles. The number of aromatic nitrogens is 4. The van der Waals surface area contributed by atoms with Gasteiger partial charge in [-0.05, 0) is 32.0 Å². The SMILES string of the molecule is CCN1CCN(c2nc(Nc3ccc(C)cc3C)c3nccnc3n2)CC1. The molecule has 1 aliphatic rings. The summed E-state index contributed by atoms with van der Waals surface area (Å²) in [5.74, 6) is 1.42. The predicted molar refractivity (Wildman–Crippen MR) is 109 cm³/mol. The highest BCUT2D eigenvalue weighted by atomic mass is 15.3. The van der Waals surface area contributed by atoms with Crippen LogP contribution in [0, 0.1) is 13.8 Å². The molecule has 0 unspecified atom stereocenters. The van der Waals surface area contributed by atoms with E-state index in [0.29, 0.717) is 22.9 Å². The summed E-state index contributed by atoms with van der Waals surface area (Å²) in [7, 11) is 0. The number of rotatable bonds is 4. The summed E-state index contributed by atoms with van der Waals surface area (Å²) in [6.45, 7) is 11.4. The van der Waals surface area contributed by atoms with Crippen LogP contribution < -0.4 is 10.2 Å². The second kappa shape index (κ2) is 7.44. The van der Waals surface area contributed by atoms with Gasteiger partial charge < -0.3 is 15.1 Å². The fourth-order valence-electron chi connectivity index (χ4n) is 3.43. The monoisotopic (exact) mass is 363 g/mol. The molecule has 7 nitrogen and oxygen atoms in total. The number of aryl methyl sites for hydroxylation is 2. The summed E-state index contributed by atoms with van der Waals surface area (Å²) >= 11 is 0. The van der Waals surface area contributed by atoms with Crippen LogP contribution in [0.3, 0.4) is 0 Å². The minimum atomic E-state index is 0.618. The van der Waals surface area contributed by atoms with E-state index < -0.39 is 0 Å². The highest BCUT2D eigenvalue weighted by molar-refractivity contribution is 5.86. The van der Waals surface area contributed by atoms with Gasteiger partial charge in [-0.2, -0.15) is 9.97 Å². The van der Waals surface area contributed by atoms with Crippen molar-refractivity contribution >= 4 is 28.6 Å². The van der Waals surface area contributed by atoms with Gasteiger partial charge in [0.05, 0.1) is 0 Å². The summed E-state index contributed by atoms with van der Waals surface area (Å²) in [5, 5.41) is 3.45. The number of benzene rings is 1. The summed E-state index contributed by atoms with van der Waals surface area (Å²) in [5.41, 5.74) is 4.73. The lowest BCUT2D eigenvalue weighted by molar-refractivity contribution is 0.270. The van der Waals surface area contributed by atoms with E-state index >= 15 is 0 Å². The number of fused-ring (bicyclic) bond motifs is 1. The molecule has 4 rings (SSSR count). The van der Waals surface area contributed by atoms with Gasteiger partial charge in [0, 0.05) is 44.3 Å². The van der Waals surface area contributed by atoms with E-state index in [-0.39, 0.29) is 0 Å². The number of anilines is 3. The lowest BCUT2D eigenvalue weighted by Gasteiger charge is -2.34. The molecule has 7 heteroatoms. The molecule has 0 atom stereocenters. The highest BCUT2D eigenvalue weighted by Crippen LogP contribution is 2.26. The van der Waals surface area contributed by atoms with E-state index in [2.05, 4.69) is 69.0 Å². The molecule has 0 aliphatic carbocycles. The Morgan fingerprint density at radius 2 is 1.78 bits per heavy atom. The van der Waals surface area contributed by atoms with Crippen LogP contribution in [0.2, 0.25) is 0 Å². The first-order valence-electron chi connectivity index (χ1n) is 9.44. The predicted octanol–water partition coefficient (Wildman–Crippen LogP) is 2.92. The van der Waals surface area contributed by atoms with Crippen molar-refractivity contribution in [2.24, 2.45) is 0 Å². The number of hydrogen-bond donors (Lipinski definition) is 1. The largest absolute Gasteiger partial charge is 0.338 e. The number of nitrogens with one attached hydrogen (secondary N) is 1. The van der Waals surface area contributed by atoms with Gasteiger partial charge in [-0.15, -0.1) is 0 Å². The van der Waals surface area contributed by atoms with Gasteiger partial charge in [0.2, 0.25) is 5.95 Å². The third-order valence-corrected chi connectivity index (χ3v) is 5.06. The Hall–Kier alpha value is -2.80. The quantitative estimate of drug-likeness (QED) is 0.764. The van der Waals surface area contributed by atoms with Crippen LogP contribution in [-0.2, 0) is 0 Å². The minimum Gasteiger partial charge on any atom is -0.338 e. The zero-order valence-corrected chi connectivity index (χ0v) is 16.1. The lowest BCUT2D eigenvalue weighted by Crippen LogP contribution is -2.46. The molecule has 3 aromatic rings. The van der Waals surface area contributed by atoms with Crippen LogP contribution in [0.15, 0.2) is 30.6 Å². The fourth-order valence-corrected chi connectivity index (χ4v) is 3.43. The molecule has 0 bridgehead atoms. The molecular weight excluding hydrogens is 338 g/mol. The lowest BCUT2D eigenvalue weighted by atomic mass is 10.1. The van der Waals surface area contributed by atoms with Gasteiger partial charge in [0.1, 0.15) is 0 Å². The first-order chi connectivity index (χ1) is 13.1. The minimum absolute atomic E-state index is 0.618. The molecule has 3 heterocycles. The van der Waals surface area contributed by atoms with E-state index in [1.165, 1.54) is 11.1 Å². The van der Waals surface area contributed by atoms with Gasteiger partial charge in [0.15, 0.2) is 17.0 Å². The maximum atomic E-state index is 4.82. The molecule has 0 radical (unpaired) electrons. The van der Waals surface area contributed by atoms with E-state index in [0.717, 1.165) is 38.4 Å². The molecule has 1 N–H and O–H groups in total. The second-order valence-corrected chi connectivity index (χ2v) is 6.97. The van der Waals surface area contributed by atoms with Crippen molar-refractivity contribution in [3.05, 3.63) is 41.7 Å². The van der Waals surface area contributed by atoms with Gasteiger partial charge >= 0.3 is 0 Å². The number of likely N-dealkylation sites (N-methyl/N-ethyl adjacent to an activating group) is 1. The average Bonchev–Trinajstić information content (AvgIpc) is 2.70. The molecule has 1 fully saturated rings. The van der Waals surface area contributed by atoms with E-state index in [9.17, 15) is 0 Å². The van der Waals surface area contributed by atoms with Crippen LogP contribution >= 0.6 is 0 Å².